The molecule has 11 heteroatoms. The molecule has 0 spiro atoms. The van der Waals surface area contributed by atoms with Crippen molar-refractivity contribution in [3.8, 4) is 0 Å². The van der Waals surface area contributed by atoms with E-state index in [2.05, 4.69) is 9.97 Å². The minimum absolute atomic E-state index is 0.0706. The van der Waals surface area contributed by atoms with E-state index in [9.17, 15) is 13.8 Å². The summed E-state index contributed by atoms with van der Waals surface area (Å²) in [7, 11) is -3.29. The minimum atomic E-state index is -3.29. The Labute approximate surface area is 193 Å². The van der Waals surface area contributed by atoms with E-state index in [1.165, 1.54) is 4.57 Å². The van der Waals surface area contributed by atoms with E-state index in [1.54, 1.807) is 4.90 Å². The average molecular weight is 474 g/mol. The van der Waals surface area contributed by atoms with Crippen molar-refractivity contribution in [1.29, 1.82) is 4.78 Å². The number of unbranched alkanes of at least 4 members (excludes halogenated alkanes) is 1. The predicted octanol–water partition coefficient (Wildman–Crippen LogP) is 3.13. The highest BCUT2D eigenvalue weighted by Crippen LogP contribution is 2.22. The molecular formula is C22H31N7O3S. The molecule has 1 aromatic carbocycles. The molecule has 0 fully saturated rings. The van der Waals surface area contributed by atoms with Crippen molar-refractivity contribution >= 4 is 32.7 Å². The first-order chi connectivity index (χ1) is 15.7. The Balaban J connectivity index is 2.28. The monoisotopic (exact) mass is 473 g/mol. The molecule has 0 radical (unpaired) electrons. The van der Waals surface area contributed by atoms with E-state index in [0.29, 0.717) is 19.5 Å². The molecule has 10 nitrogen and oxygen atoms in total. The van der Waals surface area contributed by atoms with Crippen LogP contribution in [0.2, 0.25) is 0 Å². The van der Waals surface area contributed by atoms with Gasteiger partial charge in [0.1, 0.15) is 15.2 Å². The van der Waals surface area contributed by atoms with Crippen molar-refractivity contribution < 1.29 is 9.00 Å². The van der Waals surface area contributed by atoms with Gasteiger partial charge in [0.25, 0.3) is 0 Å². The van der Waals surface area contributed by atoms with Gasteiger partial charge in [0.05, 0.1) is 6.54 Å². The lowest BCUT2D eigenvalue weighted by atomic mass is 10.2. The number of hydrogen-bond acceptors (Lipinski definition) is 7. The fraction of sp³-hybridized carbons (Fsp3) is 0.455. The van der Waals surface area contributed by atoms with Crippen LogP contribution in [0.5, 0.6) is 0 Å². The number of anilines is 1. The fourth-order valence-corrected chi connectivity index (χ4v) is 4.88. The molecule has 0 aliphatic heterocycles. The maximum Gasteiger partial charge on any atom is 0.339 e. The molecule has 2 heterocycles. The molecule has 1 unspecified atom stereocenters. The lowest BCUT2D eigenvalue weighted by Crippen LogP contribution is -2.41. The van der Waals surface area contributed by atoms with Gasteiger partial charge in [0.15, 0.2) is 11.5 Å². The number of nitrogens with two attached hydrogens (primary N) is 1. The number of carbonyl (C=O) groups excluding carboxylic acids is 1. The molecule has 33 heavy (non-hydrogen) atoms. The largest absolute Gasteiger partial charge is 0.382 e. The summed E-state index contributed by atoms with van der Waals surface area (Å²) in [5, 5.41) is -0.223. The SMILES string of the molecule is CCCCN(CC)C(=O)n1c(=O)n(Cc2ccccc2)c2nc(S(=N)(=O)CCC)nc(N)c21. The molecule has 0 aliphatic rings. The van der Waals surface area contributed by atoms with Gasteiger partial charge in [-0.25, -0.2) is 28.1 Å². The van der Waals surface area contributed by atoms with Gasteiger partial charge >= 0.3 is 11.7 Å². The van der Waals surface area contributed by atoms with E-state index in [1.807, 2.05) is 51.1 Å². The lowest BCUT2D eigenvalue weighted by molar-refractivity contribution is 0.201. The zero-order valence-electron chi connectivity index (χ0n) is 19.3. The van der Waals surface area contributed by atoms with Crippen LogP contribution in [0.4, 0.5) is 10.6 Å². The van der Waals surface area contributed by atoms with Crippen LogP contribution in [-0.4, -0.2) is 53.1 Å². The molecule has 1 atom stereocenters. The van der Waals surface area contributed by atoms with E-state index in [0.717, 1.165) is 23.0 Å². The maximum atomic E-state index is 13.5. The molecule has 3 rings (SSSR count). The maximum absolute atomic E-state index is 13.5. The van der Waals surface area contributed by atoms with Gasteiger partial charge in [0, 0.05) is 18.8 Å². The summed E-state index contributed by atoms with van der Waals surface area (Å²) in [6, 6.07) is 8.77. The highest BCUT2D eigenvalue weighted by molar-refractivity contribution is 7.92. The number of carbonyl (C=O) groups is 1. The highest BCUT2D eigenvalue weighted by Gasteiger charge is 2.27. The number of fused-ring (bicyclic) bond motifs is 1. The molecule has 3 aromatic rings. The van der Waals surface area contributed by atoms with Crippen LogP contribution in [0.25, 0.3) is 11.2 Å². The third kappa shape index (κ3) is 4.92. The fourth-order valence-electron chi connectivity index (χ4n) is 3.64. The molecular weight excluding hydrogens is 442 g/mol. The quantitative estimate of drug-likeness (QED) is 0.458. The number of nitrogens with one attached hydrogen (secondary N) is 1. The first kappa shape index (κ1) is 24.4. The van der Waals surface area contributed by atoms with Gasteiger partial charge in [-0.1, -0.05) is 50.6 Å². The van der Waals surface area contributed by atoms with Crippen molar-refractivity contribution in [3.05, 3.63) is 46.4 Å². The molecule has 0 bridgehead atoms. The van der Waals surface area contributed by atoms with Crippen LogP contribution >= 0.6 is 0 Å². The second-order valence-corrected chi connectivity index (χ2v) is 9.97. The Morgan fingerprint density at radius 2 is 1.85 bits per heavy atom. The summed E-state index contributed by atoms with van der Waals surface area (Å²) in [6.07, 6.45) is 2.20. The van der Waals surface area contributed by atoms with Crippen molar-refractivity contribution in [1.82, 2.24) is 24.0 Å². The number of nitrogens with zero attached hydrogens (tertiary/aromatic N) is 5. The van der Waals surface area contributed by atoms with Crippen LogP contribution in [0.3, 0.4) is 0 Å². The predicted molar refractivity (Wildman–Crippen MR) is 129 cm³/mol. The number of amides is 1. The van der Waals surface area contributed by atoms with Crippen LogP contribution in [0.15, 0.2) is 40.3 Å². The normalized spacial score (nSPS) is 13.2. The van der Waals surface area contributed by atoms with Gasteiger partial charge in [0.2, 0.25) is 5.16 Å². The molecule has 3 N–H and O–H groups in total. The molecule has 2 aromatic heterocycles. The molecule has 0 saturated carbocycles. The van der Waals surface area contributed by atoms with Crippen LogP contribution < -0.4 is 11.4 Å². The Bertz CT molecular complexity index is 1300. The number of hydrogen-bond donors (Lipinski definition) is 2. The highest BCUT2D eigenvalue weighted by atomic mass is 32.2. The third-order valence-electron chi connectivity index (χ3n) is 5.37. The minimum Gasteiger partial charge on any atom is -0.382 e. The van der Waals surface area contributed by atoms with Crippen LogP contribution in [-0.2, 0) is 16.3 Å². The number of imidazole rings is 1. The topological polar surface area (TPSA) is 140 Å². The zero-order chi connectivity index (χ0) is 24.2. The summed E-state index contributed by atoms with van der Waals surface area (Å²) >= 11 is 0. The Hall–Kier alpha value is -3.21. The number of aromatic nitrogens is 4. The first-order valence-corrected chi connectivity index (χ1v) is 12.9. The van der Waals surface area contributed by atoms with Crippen LogP contribution in [0, 0.1) is 4.78 Å². The number of nitrogen functional groups attached to an aromatic ring is 1. The van der Waals surface area contributed by atoms with Crippen molar-refractivity contribution in [2.45, 2.75) is 51.7 Å². The second-order valence-electron chi connectivity index (χ2n) is 7.85. The zero-order valence-corrected chi connectivity index (χ0v) is 20.1. The van der Waals surface area contributed by atoms with E-state index in [-0.39, 0.29) is 34.4 Å². The Morgan fingerprint density at radius 1 is 1.15 bits per heavy atom. The summed E-state index contributed by atoms with van der Waals surface area (Å²) in [5.41, 5.74) is 6.60. The molecule has 0 aliphatic carbocycles. The summed E-state index contributed by atoms with van der Waals surface area (Å²) in [5.74, 6) is -0.0731. The third-order valence-corrected chi connectivity index (χ3v) is 7.12. The van der Waals surface area contributed by atoms with Crippen molar-refractivity contribution in [2.24, 2.45) is 0 Å². The van der Waals surface area contributed by atoms with E-state index in [4.69, 9.17) is 10.5 Å². The number of rotatable bonds is 9. The summed E-state index contributed by atoms with van der Waals surface area (Å²) < 4.78 is 23.4. The van der Waals surface area contributed by atoms with Crippen molar-refractivity contribution in [2.75, 3.05) is 24.6 Å². The van der Waals surface area contributed by atoms with Gasteiger partial charge in [-0.05, 0) is 25.3 Å². The van der Waals surface area contributed by atoms with E-state index < -0.39 is 21.4 Å². The van der Waals surface area contributed by atoms with Gasteiger partial charge in [-0.3, -0.25) is 4.57 Å². The van der Waals surface area contributed by atoms with E-state index >= 15 is 0 Å². The molecule has 178 valence electrons. The molecule has 0 saturated heterocycles. The average Bonchev–Trinajstić information content (AvgIpc) is 3.07. The first-order valence-electron chi connectivity index (χ1n) is 11.1. The van der Waals surface area contributed by atoms with Gasteiger partial charge in [-0.15, -0.1) is 0 Å². The van der Waals surface area contributed by atoms with Gasteiger partial charge < -0.3 is 10.6 Å². The standard InChI is InChI=1S/C22H31N7O3S/c1-4-7-13-27(6-3)21(30)29-17-18(23)25-20(33(24,32)14-5-2)26-19(17)28(22(29)31)15-16-11-9-8-10-12-16/h8-12,24H,4-7,13-15H2,1-3H3,(H2,23,25,26). The Morgan fingerprint density at radius 3 is 2.45 bits per heavy atom. The lowest BCUT2D eigenvalue weighted by Gasteiger charge is -2.20. The number of benzene rings is 1. The molecule has 1 amide bonds. The van der Waals surface area contributed by atoms with Crippen LogP contribution in [0.1, 0.15) is 45.6 Å². The second kappa shape index (κ2) is 10.2. The summed E-state index contributed by atoms with van der Waals surface area (Å²) in [6.45, 7) is 6.75. The smallest absolute Gasteiger partial charge is 0.339 e. The summed E-state index contributed by atoms with van der Waals surface area (Å²) in [4.78, 5) is 36.9. The Kier molecular flexibility index (Phi) is 7.52. The van der Waals surface area contributed by atoms with Gasteiger partial charge in [-0.2, -0.15) is 4.98 Å². The van der Waals surface area contributed by atoms with Crippen molar-refractivity contribution in [3.63, 3.8) is 0 Å².